The van der Waals surface area contributed by atoms with Crippen LogP contribution in [0.15, 0.2) is 41.7 Å². The van der Waals surface area contributed by atoms with Gasteiger partial charge in [0.1, 0.15) is 0 Å². The predicted octanol–water partition coefficient (Wildman–Crippen LogP) is 0.832. The van der Waals surface area contributed by atoms with Gasteiger partial charge in [-0.1, -0.05) is 12.7 Å². The van der Waals surface area contributed by atoms with E-state index in [1.807, 2.05) is 24.3 Å². The van der Waals surface area contributed by atoms with Crippen molar-refractivity contribution in [2.45, 2.75) is 6.42 Å². The Morgan fingerprint density at radius 3 is 3.20 bits per heavy atom. The first-order valence-corrected chi connectivity index (χ1v) is 8.51. The van der Waals surface area contributed by atoms with Crippen LogP contribution in [0.1, 0.15) is 6.42 Å². The largest absolute Gasteiger partial charge is 0.351 e. The quantitative estimate of drug-likeness (QED) is 0.144. The fraction of sp³-hybridized carbons (Fsp3) is 0.308. The summed E-state index contributed by atoms with van der Waals surface area (Å²) in [5, 5.41) is 8.57. The molecule has 1 heterocycles. The second-order valence-corrected chi connectivity index (χ2v) is 5.67. The predicted molar refractivity (Wildman–Crippen MR) is 92.5 cm³/mol. The van der Waals surface area contributed by atoms with Crippen molar-refractivity contribution in [3.05, 3.63) is 36.6 Å². The van der Waals surface area contributed by atoms with Crippen molar-refractivity contribution in [2.24, 2.45) is 5.10 Å². The molecule has 3 N–H and O–H groups in total. The zero-order valence-electron chi connectivity index (χ0n) is 11.5. The summed E-state index contributed by atoms with van der Waals surface area (Å²) in [4.78, 5) is 11.5. The second-order valence-electron chi connectivity index (χ2n) is 3.94. The highest BCUT2D eigenvalue weighted by atomic mass is 127. The Bertz CT molecular complexity index is 442. The standard InChI is InChI=1S/C13H20IN5O/c1-3-7-16-17-9-8-15-13(20)6-4-5-12-10-14-18-19(2)11-12/h3-4,6-7,10-11,17-18H,1,5,8-9H2,2H3,(H,15,20)/b6-4+,16-7-. The van der Waals surface area contributed by atoms with Crippen molar-refractivity contribution in [2.75, 3.05) is 20.1 Å². The summed E-state index contributed by atoms with van der Waals surface area (Å²) in [6.07, 6.45) is 9.41. The van der Waals surface area contributed by atoms with E-state index in [-0.39, 0.29) is 26.9 Å². The fourth-order valence-corrected chi connectivity index (χ4v) is 2.88. The molecule has 7 heteroatoms. The van der Waals surface area contributed by atoms with Crippen molar-refractivity contribution in [1.29, 1.82) is 0 Å². The van der Waals surface area contributed by atoms with Gasteiger partial charge in [0.2, 0.25) is 5.91 Å². The molecular weight excluding hydrogens is 369 g/mol. The zero-order chi connectivity index (χ0) is 14.6. The van der Waals surface area contributed by atoms with E-state index in [1.54, 1.807) is 18.4 Å². The van der Waals surface area contributed by atoms with E-state index in [1.165, 1.54) is 5.57 Å². The van der Waals surface area contributed by atoms with Gasteiger partial charge >= 0.3 is 0 Å². The van der Waals surface area contributed by atoms with E-state index in [0.717, 1.165) is 6.42 Å². The van der Waals surface area contributed by atoms with E-state index in [9.17, 15) is 4.79 Å². The summed E-state index contributed by atoms with van der Waals surface area (Å²) in [5.74, 6) is -0.0860. The molecule has 0 spiro atoms. The summed E-state index contributed by atoms with van der Waals surface area (Å²) < 4.78 is 5.45. The highest BCUT2D eigenvalue weighted by Gasteiger charge is 1.99. The van der Waals surface area contributed by atoms with Crippen LogP contribution in [0.3, 0.4) is 0 Å². The number of hydrazone groups is 1. The fourth-order valence-electron chi connectivity index (χ4n) is 1.34. The molecule has 1 aliphatic heterocycles. The van der Waals surface area contributed by atoms with Gasteiger partial charge in [0.25, 0.3) is 0 Å². The Balaban J connectivity index is 2.15. The van der Waals surface area contributed by atoms with Gasteiger partial charge in [-0.2, -0.15) is 8.74 Å². The lowest BCUT2D eigenvalue weighted by Crippen LogP contribution is -2.28. The number of hydrogen-bond donors (Lipinski definition) is 3. The first-order chi connectivity index (χ1) is 9.72. The first-order valence-electron chi connectivity index (χ1n) is 6.18. The first kappa shape index (κ1) is 16.6. The van der Waals surface area contributed by atoms with Crippen LogP contribution in [-0.4, -0.2) is 41.3 Å². The number of rotatable bonds is 8. The molecule has 0 saturated heterocycles. The third-order valence-electron chi connectivity index (χ3n) is 2.17. The van der Waals surface area contributed by atoms with Gasteiger partial charge in [0.05, 0.1) is 6.54 Å². The summed E-state index contributed by atoms with van der Waals surface area (Å²) in [7, 11) is 1.98. The minimum atomic E-state index is -0.0974. The van der Waals surface area contributed by atoms with Gasteiger partial charge in [-0.15, -0.1) is 0 Å². The summed E-state index contributed by atoms with van der Waals surface area (Å²) in [5.41, 5.74) is 4.03. The second kappa shape index (κ2) is 10.3. The molecule has 0 radical (unpaired) electrons. The molecule has 0 unspecified atom stereocenters. The SMILES string of the molecule is C=C/C=N\NCCNC(=O)/C=C/CC1=CN(C)NI=C1. The monoisotopic (exact) mass is 389 g/mol. The Kier molecular flexibility index (Phi) is 8.56. The van der Waals surface area contributed by atoms with Gasteiger partial charge in [0, 0.05) is 26.0 Å². The highest BCUT2D eigenvalue weighted by Crippen LogP contribution is 2.09. The number of nitrogens with zero attached hydrogens (tertiary/aromatic N) is 2. The van der Waals surface area contributed by atoms with E-state index in [0.29, 0.717) is 13.1 Å². The maximum atomic E-state index is 11.5. The molecule has 0 aromatic carbocycles. The van der Waals surface area contributed by atoms with Gasteiger partial charge in [-0.05, 0) is 49.2 Å². The van der Waals surface area contributed by atoms with Crippen molar-refractivity contribution in [1.82, 2.24) is 19.4 Å². The summed E-state index contributed by atoms with van der Waals surface area (Å²) >= 11 is -0.0974. The Morgan fingerprint density at radius 1 is 1.60 bits per heavy atom. The lowest BCUT2D eigenvalue weighted by molar-refractivity contribution is -0.116. The normalized spacial score (nSPS) is 15.1. The van der Waals surface area contributed by atoms with E-state index >= 15 is 0 Å². The van der Waals surface area contributed by atoms with Gasteiger partial charge in [-0.25, -0.2) is 0 Å². The smallest absolute Gasteiger partial charge is 0.243 e. The molecule has 110 valence electrons. The number of hydrazine groups is 1. The molecule has 0 fully saturated rings. The van der Waals surface area contributed by atoms with Crippen molar-refractivity contribution < 1.29 is 4.79 Å². The molecule has 1 aliphatic rings. The summed E-state index contributed by atoms with van der Waals surface area (Å²) in [6, 6.07) is 0. The molecule has 0 saturated carbocycles. The molecule has 0 aromatic heterocycles. The van der Waals surface area contributed by atoms with E-state index in [2.05, 4.69) is 30.1 Å². The van der Waals surface area contributed by atoms with Crippen LogP contribution in [0.5, 0.6) is 0 Å². The minimum Gasteiger partial charge on any atom is -0.351 e. The lowest BCUT2D eigenvalue weighted by atomic mass is 10.2. The van der Waals surface area contributed by atoms with Crippen LogP contribution >= 0.6 is 21.0 Å². The van der Waals surface area contributed by atoms with E-state index in [4.69, 9.17) is 0 Å². The van der Waals surface area contributed by atoms with Crippen LogP contribution in [-0.2, 0) is 4.79 Å². The molecule has 0 bridgehead atoms. The number of allylic oxidation sites excluding steroid dienone is 3. The molecule has 1 rings (SSSR count). The Morgan fingerprint density at radius 2 is 2.45 bits per heavy atom. The van der Waals surface area contributed by atoms with Crippen LogP contribution in [0, 0.1) is 0 Å². The number of carbonyl (C=O) groups is 1. The van der Waals surface area contributed by atoms with Crippen LogP contribution in [0.25, 0.3) is 0 Å². The number of amides is 1. The third kappa shape index (κ3) is 7.85. The maximum absolute atomic E-state index is 11.5. The van der Waals surface area contributed by atoms with Crippen molar-refractivity contribution in [3.63, 3.8) is 0 Å². The van der Waals surface area contributed by atoms with Crippen LogP contribution in [0.4, 0.5) is 0 Å². The van der Waals surface area contributed by atoms with Crippen LogP contribution in [0.2, 0.25) is 0 Å². The molecule has 6 nitrogen and oxygen atoms in total. The number of hydrogen-bond acceptors (Lipinski definition) is 5. The lowest BCUT2D eigenvalue weighted by Gasteiger charge is -2.17. The third-order valence-corrected chi connectivity index (χ3v) is 4.32. The molecule has 0 aromatic rings. The molecule has 0 aliphatic carbocycles. The number of carbonyl (C=O) groups excluding carboxylic acids is 1. The van der Waals surface area contributed by atoms with Gasteiger partial charge < -0.3 is 15.8 Å². The molecule has 20 heavy (non-hydrogen) atoms. The van der Waals surface area contributed by atoms with Crippen molar-refractivity contribution in [3.8, 4) is 0 Å². The Labute approximate surface area is 129 Å². The van der Waals surface area contributed by atoms with E-state index < -0.39 is 0 Å². The van der Waals surface area contributed by atoms with Gasteiger partial charge in [-0.3, -0.25) is 4.79 Å². The van der Waals surface area contributed by atoms with Crippen LogP contribution < -0.4 is 14.4 Å². The minimum absolute atomic E-state index is 0.0860. The van der Waals surface area contributed by atoms with Crippen molar-refractivity contribution >= 4 is 37.1 Å². The summed E-state index contributed by atoms with van der Waals surface area (Å²) in [6.45, 7) is 4.62. The molecular formula is C13H20IN5O. The highest BCUT2D eigenvalue weighted by molar-refractivity contribution is 14.2. The topological polar surface area (TPSA) is 68.8 Å². The molecule has 0 atom stereocenters. The zero-order valence-corrected chi connectivity index (χ0v) is 13.6. The number of nitrogens with one attached hydrogen (secondary N) is 3. The van der Waals surface area contributed by atoms with Gasteiger partial charge in [0.15, 0.2) is 0 Å². The average Bonchev–Trinajstić information content (AvgIpc) is 2.43. The number of halogens is 1. The molecule has 1 amide bonds. The average molecular weight is 389 g/mol. The Hall–Kier alpha value is -1.48. The maximum Gasteiger partial charge on any atom is 0.243 e.